The fourth-order valence-electron chi connectivity index (χ4n) is 3.27. The zero-order valence-electron chi connectivity index (χ0n) is 14.1. The van der Waals surface area contributed by atoms with E-state index >= 15 is 0 Å². The van der Waals surface area contributed by atoms with Crippen molar-refractivity contribution in [2.24, 2.45) is 0 Å². The number of hydrogen-bond donors (Lipinski definition) is 0. The average Bonchev–Trinajstić information content (AvgIpc) is 2.85. The Kier molecular flexibility index (Phi) is 5.61. The van der Waals surface area contributed by atoms with Gasteiger partial charge in [-0.05, 0) is 18.9 Å². The molecule has 2 saturated heterocycles. The summed E-state index contributed by atoms with van der Waals surface area (Å²) >= 11 is 0. The van der Waals surface area contributed by atoms with Crippen LogP contribution in [-0.4, -0.2) is 70.9 Å². The lowest BCUT2D eigenvalue weighted by atomic mass is 10.2. The molecule has 0 atom stereocenters. The van der Waals surface area contributed by atoms with E-state index in [4.69, 9.17) is 0 Å². The first-order chi connectivity index (χ1) is 11.7. The molecule has 0 aliphatic carbocycles. The van der Waals surface area contributed by atoms with E-state index < -0.39 is 0 Å². The maximum absolute atomic E-state index is 12.4. The summed E-state index contributed by atoms with van der Waals surface area (Å²) in [5, 5.41) is 0. The van der Waals surface area contributed by atoms with Gasteiger partial charge in [0.25, 0.3) is 0 Å². The minimum Gasteiger partial charge on any atom is -0.342 e. The van der Waals surface area contributed by atoms with Gasteiger partial charge in [-0.3, -0.25) is 9.59 Å². The van der Waals surface area contributed by atoms with Crippen molar-refractivity contribution < 1.29 is 9.59 Å². The summed E-state index contributed by atoms with van der Waals surface area (Å²) < 4.78 is 0. The molecule has 24 heavy (non-hydrogen) atoms. The van der Waals surface area contributed by atoms with Crippen molar-refractivity contribution in [1.29, 1.82) is 0 Å². The number of hydrogen-bond acceptors (Lipinski definition) is 5. The second kappa shape index (κ2) is 8.08. The van der Waals surface area contributed by atoms with Crippen molar-refractivity contribution >= 4 is 17.8 Å². The quantitative estimate of drug-likeness (QED) is 0.820. The topological polar surface area (TPSA) is 69.6 Å². The fraction of sp³-hybridized carbons (Fsp3) is 0.647. The minimum absolute atomic E-state index is 0.140. The molecule has 0 N–H and O–H groups in total. The standard InChI is InChI=1S/C17H25N5O2/c23-15-5-2-1-3-9-20(15)10-6-16(24)21-11-13-22(14-12-21)17-18-7-4-8-19-17/h4,7-8H,1-3,5-6,9-14H2. The number of amides is 2. The lowest BCUT2D eigenvalue weighted by molar-refractivity contribution is -0.134. The van der Waals surface area contributed by atoms with Crippen LogP contribution in [0.4, 0.5) is 5.95 Å². The van der Waals surface area contributed by atoms with Gasteiger partial charge in [-0.2, -0.15) is 0 Å². The van der Waals surface area contributed by atoms with E-state index in [1.165, 1.54) is 0 Å². The zero-order chi connectivity index (χ0) is 16.8. The van der Waals surface area contributed by atoms with Gasteiger partial charge in [-0.1, -0.05) is 6.42 Å². The summed E-state index contributed by atoms with van der Waals surface area (Å²) in [6.45, 7) is 4.22. The zero-order valence-corrected chi connectivity index (χ0v) is 14.1. The minimum atomic E-state index is 0.140. The van der Waals surface area contributed by atoms with Crippen molar-refractivity contribution in [3.8, 4) is 0 Å². The summed E-state index contributed by atoms with van der Waals surface area (Å²) in [5.74, 6) is 1.06. The fourth-order valence-corrected chi connectivity index (χ4v) is 3.27. The number of rotatable bonds is 4. The summed E-state index contributed by atoms with van der Waals surface area (Å²) in [4.78, 5) is 38.8. The van der Waals surface area contributed by atoms with Gasteiger partial charge >= 0.3 is 0 Å². The highest BCUT2D eigenvalue weighted by molar-refractivity contribution is 5.79. The molecular formula is C17H25N5O2. The molecule has 0 bridgehead atoms. The Bertz CT molecular complexity index is 557. The van der Waals surface area contributed by atoms with Crippen LogP contribution in [0, 0.1) is 0 Å². The lowest BCUT2D eigenvalue weighted by Gasteiger charge is -2.35. The van der Waals surface area contributed by atoms with E-state index in [1.54, 1.807) is 18.5 Å². The second-order valence-corrected chi connectivity index (χ2v) is 6.36. The Morgan fingerprint density at radius 3 is 2.50 bits per heavy atom. The molecule has 7 nitrogen and oxygen atoms in total. The molecule has 2 aliphatic heterocycles. The van der Waals surface area contributed by atoms with E-state index in [0.29, 0.717) is 32.5 Å². The SMILES string of the molecule is O=C1CCCCCN1CCC(=O)N1CCN(c2ncccn2)CC1. The Labute approximate surface area is 142 Å². The Morgan fingerprint density at radius 2 is 1.75 bits per heavy atom. The van der Waals surface area contributed by atoms with Gasteiger partial charge in [-0.25, -0.2) is 9.97 Å². The molecule has 130 valence electrons. The second-order valence-electron chi connectivity index (χ2n) is 6.36. The number of likely N-dealkylation sites (tertiary alicyclic amines) is 1. The Morgan fingerprint density at radius 1 is 1.00 bits per heavy atom. The molecule has 3 rings (SSSR count). The molecule has 7 heteroatoms. The van der Waals surface area contributed by atoms with Crippen molar-refractivity contribution in [3.05, 3.63) is 18.5 Å². The van der Waals surface area contributed by atoms with Crippen LogP contribution in [0.3, 0.4) is 0 Å². The highest BCUT2D eigenvalue weighted by Crippen LogP contribution is 2.13. The molecular weight excluding hydrogens is 306 g/mol. The third-order valence-electron chi connectivity index (χ3n) is 4.73. The van der Waals surface area contributed by atoms with Gasteiger partial charge in [-0.15, -0.1) is 0 Å². The summed E-state index contributed by atoms with van der Waals surface area (Å²) in [7, 11) is 0. The third-order valence-corrected chi connectivity index (χ3v) is 4.73. The first kappa shape index (κ1) is 16.7. The van der Waals surface area contributed by atoms with Gasteiger partial charge in [0.2, 0.25) is 17.8 Å². The molecule has 1 aromatic rings. The molecule has 0 spiro atoms. The first-order valence-electron chi connectivity index (χ1n) is 8.81. The number of carbonyl (C=O) groups is 2. The number of piperazine rings is 1. The molecule has 2 amide bonds. The lowest BCUT2D eigenvalue weighted by Crippen LogP contribution is -2.49. The van der Waals surface area contributed by atoms with E-state index in [1.807, 2.05) is 9.80 Å². The van der Waals surface area contributed by atoms with E-state index in [9.17, 15) is 9.59 Å². The predicted octanol–water partition coefficient (Wildman–Crippen LogP) is 0.918. The van der Waals surface area contributed by atoms with Crippen LogP contribution in [-0.2, 0) is 9.59 Å². The van der Waals surface area contributed by atoms with Gasteiger partial charge in [0.05, 0.1) is 0 Å². The Hall–Kier alpha value is -2.18. The van der Waals surface area contributed by atoms with Crippen LogP contribution in [0.15, 0.2) is 18.5 Å². The van der Waals surface area contributed by atoms with Gasteiger partial charge in [0, 0.05) is 64.5 Å². The van der Waals surface area contributed by atoms with Gasteiger partial charge in [0.15, 0.2) is 0 Å². The average molecular weight is 331 g/mol. The maximum atomic E-state index is 12.4. The third kappa shape index (κ3) is 4.21. The maximum Gasteiger partial charge on any atom is 0.225 e. The summed E-state index contributed by atoms with van der Waals surface area (Å²) in [5.41, 5.74) is 0. The monoisotopic (exact) mass is 331 g/mol. The van der Waals surface area contributed by atoms with Crippen LogP contribution in [0.25, 0.3) is 0 Å². The largest absolute Gasteiger partial charge is 0.342 e. The van der Waals surface area contributed by atoms with Crippen LogP contribution in [0.5, 0.6) is 0 Å². The molecule has 1 aromatic heterocycles. The highest BCUT2D eigenvalue weighted by atomic mass is 16.2. The van der Waals surface area contributed by atoms with E-state index in [0.717, 1.165) is 44.8 Å². The van der Waals surface area contributed by atoms with Crippen molar-refractivity contribution in [1.82, 2.24) is 19.8 Å². The summed E-state index contributed by atoms with van der Waals surface area (Å²) in [6, 6.07) is 1.80. The molecule has 0 radical (unpaired) electrons. The molecule has 0 aromatic carbocycles. The van der Waals surface area contributed by atoms with Crippen molar-refractivity contribution in [3.63, 3.8) is 0 Å². The normalized spacial score (nSPS) is 19.3. The molecule has 0 saturated carbocycles. The number of nitrogens with zero attached hydrogens (tertiary/aromatic N) is 5. The molecule has 2 aliphatic rings. The molecule has 3 heterocycles. The molecule has 2 fully saturated rings. The van der Waals surface area contributed by atoms with Crippen molar-refractivity contribution in [2.75, 3.05) is 44.2 Å². The van der Waals surface area contributed by atoms with Crippen LogP contribution in [0.1, 0.15) is 32.1 Å². The van der Waals surface area contributed by atoms with Gasteiger partial charge < -0.3 is 14.7 Å². The van der Waals surface area contributed by atoms with Crippen LogP contribution in [0.2, 0.25) is 0 Å². The van der Waals surface area contributed by atoms with Gasteiger partial charge in [0.1, 0.15) is 0 Å². The van der Waals surface area contributed by atoms with Crippen LogP contribution >= 0.6 is 0 Å². The number of aromatic nitrogens is 2. The van der Waals surface area contributed by atoms with E-state index in [2.05, 4.69) is 14.9 Å². The predicted molar refractivity (Wildman–Crippen MR) is 90.5 cm³/mol. The first-order valence-corrected chi connectivity index (χ1v) is 8.81. The van der Waals surface area contributed by atoms with Crippen molar-refractivity contribution in [2.45, 2.75) is 32.1 Å². The van der Waals surface area contributed by atoms with Crippen LogP contribution < -0.4 is 4.90 Å². The highest BCUT2D eigenvalue weighted by Gasteiger charge is 2.23. The Balaban J connectivity index is 1.44. The van der Waals surface area contributed by atoms with E-state index in [-0.39, 0.29) is 11.8 Å². The summed E-state index contributed by atoms with van der Waals surface area (Å²) in [6.07, 6.45) is 7.66. The molecule has 0 unspecified atom stereocenters. The number of carbonyl (C=O) groups excluding carboxylic acids is 2. The smallest absolute Gasteiger partial charge is 0.225 e. The number of anilines is 1.